The third-order valence-corrected chi connectivity index (χ3v) is 6.78. The fourth-order valence-corrected chi connectivity index (χ4v) is 4.86. The average Bonchev–Trinajstić information content (AvgIpc) is 3.36. The van der Waals surface area contributed by atoms with E-state index in [2.05, 4.69) is 44.3 Å². The summed E-state index contributed by atoms with van der Waals surface area (Å²) in [7, 11) is 5.33. The second-order valence-corrected chi connectivity index (χ2v) is 10.5. The number of esters is 1. The van der Waals surface area contributed by atoms with Crippen LogP contribution in [-0.2, 0) is 20.8 Å². The monoisotopic (exact) mass is 544 g/mol. The molecular formula is C26H28BrClN3O3+. The first-order chi connectivity index (χ1) is 16.2. The summed E-state index contributed by atoms with van der Waals surface area (Å²) < 4.78 is 6.29. The summed E-state index contributed by atoms with van der Waals surface area (Å²) in [6.45, 7) is 3.27. The molecule has 0 bridgehead atoms. The lowest BCUT2D eigenvalue weighted by Gasteiger charge is -2.27. The number of hydrogen-bond donors (Lipinski definition) is 1. The Morgan fingerprint density at radius 2 is 2.00 bits per heavy atom. The van der Waals surface area contributed by atoms with Crippen LogP contribution in [0, 0.1) is 0 Å². The van der Waals surface area contributed by atoms with Crippen LogP contribution in [0.4, 0.5) is 0 Å². The fourth-order valence-electron chi connectivity index (χ4n) is 4.27. The van der Waals surface area contributed by atoms with E-state index >= 15 is 0 Å². The van der Waals surface area contributed by atoms with Gasteiger partial charge in [-0.1, -0.05) is 38.8 Å². The lowest BCUT2D eigenvalue weighted by Crippen LogP contribution is -2.46. The predicted octanol–water partition coefficient (Wildman–Crippen LogP) is 5.69. The highest BCUT2D eigenvalue weighted by molar-refractivity contribution is 9.10. The fraction of sp³-hybridized carbons (Fsp3) is 0.308. The third kappa shape index (κ3) is 5.37. The van der Waals surface area contributed by atoms with E-state index in [1.165, 1.54) is 18.2 Å². The molecule has 3 aromatic rings. The molecule has 0 spiro atoms. The number of carbonyl (C=O) groups is 1. The maximum Gasteiger partial charge on any atom is 0.361 e. The Balaban J connectivity index is 1.61. The Hall–Kier alpha value is -2.61. The van der Waals surface area contributed by atoms with Crippen LogP contribution in [0.5, 0.6) is 0 Å². The summed E-state index contributed by atoms with van der Waals surface area (Å²) in [4.78, 5) is 20.9. The zero-order valence-electron chi connectivity index (χ0n) is 19.7. The number of likely N-dealkylation sites (N-methyl/N-ethyl adjacent to an activating group) is 1. The quantitative estimate of drug-likeness (QED) is 0.130. The molecule has 0 aliphatic heterocycles. The minimum Gasteiger partial charge on any atom is -0.465 e. The Morgan fingerprint density at radius 1 is 1.21 bits per heavy atom. The molecule has 0 saturated heterocycles. The van der Waals surface area contributed by atoms with Gasteiger partial charge < -0.3 is 19.0 Å². The molecule has 0 amide bonds. The minimum absolute atomic E-state index is 0.243. The highest BCUT2D eigenvalue weighted by atomic mass is 79.9. The number of ether oxygens (including phenoxy) is 1. The van der Waals surface area contributed by atoms with Crippen molar-refractivity contribution in [2.45, 2.75) is 13.3 Å². The molecule has 6 nitrogen and oxygen atoms in total. The third-order valence-electron chi connectivity index (χ3n) is 6.05. The van der Waals surface area contributed by atoms with E-state index < -0.39 is 0 Å². The lowest BCUT2D eigenvalue weighted by atomic mass is 10.0. The number of carbonyl (C=O) groups excluding carboxylic acids is 1. The molecule has 1 aromatic heterocycles. The number of methoxy groups -OCH3 is 1. The van der Waals surface area contributed by atoms with Crippen molar-refractivity contribution in [3.8, 4) is 0 Å². The topological polar surface area (TPSA) is 63.7 Å². The van der Waals surface area contributed by atoms with E-state index in [9.17, 15) is 4.79 Å². The van der Waals surface area contributed by atoms with Gasteiger partial charge in [-0.3, -0.25) is 0 Å². The molecular weight excluding hydrogens is 518 g/mol. The van der Waals surface area contributed by atoms with E-state index in [4.69, 9.17) is 21.2 Å². The number of halogens is 2. The number of aromatic nitrogens is 1. The molecule has 2 aromatic carbocycles. The number of allylic oxidation sites excluding steroid dienone is 2. The van der Waals surface area contributed by atoms with Crippen molar-refractivity contribution in [3.05, 3.63) is 68.8 Å². The SMILES string of the molecule is COC(=O)C[N+](C)(C)CCO/N=C(\C)C1=C(c2cc3cc(Cl)ccc3[nH]2)Cc2cc(Br)ccc21. The van der Waals surface area contributed by atoms with E-state index in [0.717, 1.165) is 44.3 Å². The van der Waals surface area contributed by atoms with Gasteiger partial charge in [0.15, 0.2) is 13.2 Å². The van der Waals surface area contributed by atoms with Gasteiger partial charge in [0, 0.05) is 38.1 Å². The minimum atomic E-state index is -0.243. The predicted molar refractivity (Wildman–Crippen MR) is 141 cm³/mol. The van der Waals surface area contributed by atoms with Gasteiger partial charge in [-0.05, 0) is 60.0 Å². The van der Waals surface area contributed by atoms with Gasteiger partial charge in [0.1, 0.15) is 6.54 Å². The normalized spacial score (nSPS) is 14.0. The first-order valence-electron chi connectivity index (χ1n) is 11.0. The smallest absolute Gasteiger partial charge is 0.361 e. The summed E-state index contributed by atoms with van der Waals surface area (Å²) in [6, 6.07) is 14.3. The molecule has 1 N–H and O–H groups in total. The Kier molecular flexibility index (Phi) is 7.17. The number of nitrogens with zero attached hydrogens (tertiary/aromatic N) is 2. The summed E-state index contributed by atoms with van der Waals surface area (Å²) in [6.07, 6.45) is 0.792. The van der Waals surface area contributed by atoms with Gasteiger partial charge in [0.2, 0.25) is 0 Å². The van der Waals surface area contributed by atoms with E-state index in [-0.39, 0.29) is 12.5 Å². The molecule has 178 valence electrons. The summed E-state index contributed by atoms with van der Waals surface area (Å²) in [5.41, 5.74) is 7.54. The number of quaternary nitrogens is 1. The van der Waals surface area contributed by atoms with E-state index in [1.807, 2.05) is 45.3 Å². The lowest BCUT2D eigenvalue weighted by molar-refractivity contribution is -0.883. The number of benzene rings is 2. The van der Waals surface area contributed by atoms with Gasteiger partial charge in [-0.25, -0.2) is 4.79 Å². The second-order valence-electron chi connectivity index (χ2n) is 9.15. The van der Waals surface area contributed by atoms with Crippen molar-refractivity contribution < 1.29 is 18.9 Å². The largest absolute Gasteiger partial charge is 0.465 e. The Bertz CT molecular complexity index is 1310. The molecule has 1 aliphatic carbocycles. The molecule has 0 unspecified atom stereocenters. The highest BCUT2D eigenvalue weighted by Crippen LogP contribution is 2.41. The number of fused-ring (bicyclic) bond motifs is 2. The maximum atomic E-state index is 11.6. The van der Waals surface area contributed by atoms with Crippen molar-refractivity contribution in [1.82, 2.24) is 4.98 Å². The molecule has 1 heterocycles. The molecule has 0 fully saturated rings. The van der Waals surface area contributed by atoms with Gasteiger partial charge in [0.25, 0.3) is 0 Å². The summed E-state index contributed by atoms with van der Waals surface area (Å²) in [5, 5.41) is 6.25. The molecule has 0 atom stereocenters. The number of hydrogen-bond acceptors (Lipinski definition) is 4. The average molecular weight is 546 g/mol. The Morgan fingerprint density at radius 3 is 2.76 bits per heavy atom. The van der Waals surface area contributed by atoms with Crippen molar-refractivity contribution in [1.29, 1.82) is 0 Å². The zero-order valence-corrected chi connectivity index (χ0v) is 22.1. The number of H-pyrrole nitrogens is 1. The van der Waals surface area contributed by atoms with Crippen molar-refractivity contribution >= 4 is 61.3 Å². The standard InChI is InChI=1S/C26H28BrClN3O3/c1-16(30-34-10-9-31(2,3)15-25(32)33-4)26-21-7-5-19(27)11-17(21)13-22(26)24-14-18-12-20(28)6-8-23(18)29-24/h5-8,11-12,14,29H,9-10,13,15H2,1-4H3/q+1/b30-16+. The maximum absolute atomic E-state index is 11.6. The number of rotatable bonds is 8. The van der Waals surface area contributed by atoms with Crippen LogP contribution in [0.1, 0.15) is 23.7 Å². The van der Waals surface area contributed by atoms with E-state index in [1.54, 1.807) is 0 Å². The zero-order chi connectivity index (χ0) is 24.5. The molecule has 0 saturated carbocycles. The van der Waals surface area contributed by atoms with Crippen molar-refractivity contribution in [3.63, 3.8) is 0 Å². The summed E-state index contributed by atoms with van der Waals surface area (Å²) in [5.74, 6) is -0.243. The van der Waals surface area contributed by atoms with Gasteiger partial charge in [-0.15, -0.1) is 0 Å². The molecule has 0 radical (unpaired) electrons. The van der Waals surface area contributed by atoms with Crippen molar-refractivity contribution in [2.75, 3.05) is 40.9 Å². The molecule has 34 heavy (non-hydrogen) atoms. The van der Waals surface area contributed by atoms with Crippen LogP contribution in [0.3, 0.4) is 0 Å². The first-order valence-corrected chi connectivity index (χ1v) is 12.2. The van der Waals surface area contributed by atoms with Crippen LogP contribution in [0.15, 0.2) is 52.1 Å². The first kappa shape index (κ1) is 24.5. The van der Waals surface area contributed by atoms with Crippen LogP contribution >= 0.6 is 27.5 Å². The number of oxime groups is 1. The number of nitrogens with one attached hydrogen (secondary N) is 1. The van der Waals surface area contributed by atoms with Crippen LogP contribution in [0.2, 0.25) is 5.02 Å². The number of aromatic amines is 1. The molecule has 4 rings (SSSR count). The van der Waals surface area contributed by atoms with Crippen LogP contribution in [-0.4, -0.2) is 62.0 Å². The van der Waals surface area contributed by atoms with Crippen LogP contribution in [0.25, 0.3) is 22.0 Å². The van der Waals surface area contributed by atoms with Crippen LogP contribution < -0.4 is 0 Å². The van der Waals surface area contributed by atoms with Gasteiger partial charge in [0.05, 0.1) is 26.9 Å². The second kappa shape index (κ2) is 9.94. The van der Waals surface area contributed by atoms with E-state index in [0.29, 0.717) is 22.7 Å². The molecule has 1 aliphatic rings. The van der Waals surface area contributed by atoms with Crippen molar-refractivity contribution in [2.24, 2.45) is 5.16 Å². The Labute approximate surface area is 212 Å². The van der Waals surface area contributed by atoms with Gasteiger partial charge >= 0.3 is 5.97 Å². The van der Waals surface area contributed by atoms with Gasteiger partial charge in [-0.2, -0.15) is 0 Å². The highest BCUT2D eigenvalue weighted by Gasteiger charge is 2.26. The molecule has 8 heteroatoms. The summed E-state index contributed by atoms with van der Waals surface area (Å²) >= 11 is 9.80.